The maximum atomic E-state index is 11.9. The second kappa shape index (κ2) is 7.22. The maximum Gasteiger partial charge on any atom is 0.320 e. The van der Waals surface area contributed by atoms with Crippen molar-refractivity contribution in [3.8, 4) is 0 Å². The van der Waals surface area contributed by atoms with Gasteiger partial charge in [0.1, 0.15) is 5.60 Å². The van der Waals surface area contributed by atoms with Gasteiger partial charge in [0.25, 0.3) is 0 Å². The summed E-state index contributed by atoms with van der Waals surface area (Å²) in [6.07, 6.45) is 1.59. The number of esters is 1. The molecule has 1 unspecified atom stereocenters. The summed E-state index contributed by atoms with van der Waals surface area (Å²) in [5.74, 6) is -0.216. The summed E-state index contributed by atoms with van der Waals surface area (Å²) in [6.45, 7) is 10.1. The van der Waals surface area contributed by atoms with Crippen LogP contribution in [0.2, 0.25) is 0 Å². The van der Waals surface area contributed by atoms with Gasteiger partial charge in [0.2, 0.25) is 0 Å². The van der Waals surface area contributed by atoms with Crippen LogP contribution in [0.1, 0.15) is 40.5 Å². The van der Waals surface area contributed by atoms with Gasteiger partial charge in [-0.3, -0.25) is 9.69 Å². The Morgan fingerprint density at radius 2 is 2.00 bits per heavy atom. The smallest absolute Gasteiger partial charge is 0.320 e. The molecule has 5 heteroatoms. The van der Waals surface area contributed by atoms with Crippen LogP contribution in [0.5, 0.6) is 0 Å². The monoisotopic (exact) mass is 272 g/mol. The number of piperidine rings is 1. The number of aliphatic hydroxyl groups excluding tert-OH is 1. The highest BCUT2D eigenvalue weighted by atomic mass is 16.6. The normalized spacial score (nSPS) is 19.5. The number of hydrogen-bond acceptors (Lipinski definition) is 5. The van der Waals surface area contributed by atoms with Crippen molar-refractivity contribution in [2.45, 2.75) is 58.3 Å². The van der Waals surface area contributed by atoms with Crippen molar-refractivity contribution in [2.24, 2.45) is 0 Å². The molecule has 0 spiro atoms. The van der Waals surface area contributed by atoms with Crippen LogP contribution in [0.25, 0.3) is 0 Å². The number of ether oxygens (including phenoxy) is 1. The first-order chi connectivity index (χ1) is 8.78. The van der Waals surface area contributed by atoms with E-state index in [0.717, 1.165) is 25.9 Å². The molecule has 1 rings (SSSR count). The van der Waals surface area contributed by atoms with Gasteiger partial charge >= 0.3 is 5.97 Å². The SMILES string of the molecule is CC(O)CN(CC(=O)OC(C)(C)C)C1CCNCC1. The molecular weight excluding hydrogens is 244 g/mol. The standard InChI is InChI=1S/C14H28N2O3/c1-11(17)9-16(12-5-7-15-8-6-12)10-13(18)19-14(2,3)4/h11-12,15,17H,5-10H2,1-4H3. The second-order valence-electron chi connectivity index (χ2n) is 6.35. The third kappa shape index (κ3) is 6.89. The van der Waals surface area contributed by atoms with Crippen LogP contribution in [-0.2, 0) is 9.53 Å². The van der Waals surface area contributed by atoms with E-state index < -0.39 is 11.7 Å². The molecule has 1 fully saturated rings. The zero-order valence-corrected chi connectivity index (χ0v) is 12.6. The summed E-state index contributed by atoms with van der Waals surface area (Å²) < 4.78 is 5.36. The zero-order chi connectivity index (χ0) is 14.5. The fourth-order valence-electron chi connectivity index (χ4n) is 2.39. The van der Waals surface area contributed by atoms with Crippen LogP contribution in [0, 0.1) is 0 Å². The molecule has 0 bridgehead atoms. The summed E-state index contributed by atoms with van der Waals surface area (Å²) in [7, 11) is 0. The molecule has 0 aromatic rings. The molecular formula is C14H28N2O3. The van der Waals surface area contributed by atoms with Crippen LogP contribution in [0.3, 0.4) is 0 Å². The molecule has 1 heterocycles. The van der Waals surface area contributed by atoms with Crippen molar-refractivity contribution in [1.29, 1.82) is 0 Å². The van der Waals surface area contributed by atoms with E-state index in [0.29, 0.717) is 12.6 Å². The van der Waals surface area contributed by atoms with Gasteiger partial charge in [-0.1, -0.05) is 0 Å². The lowest BCUT2D eigenvalue weighted by atomic mass is 10.0. The molecule has 0 aromatic carbocycles. The highest BCUT2D eigenvalue weighted by Crippen LogP contribution is 2.14. The Labute approximate surface area is 116 Å². The lowest BCUT2D eigenvalue weighted by Crippen LogP contribution is -2.48. The number of aliphatic hydroxyl groups is 1. The van der Waals surface area contributed by atoms with Crippen molar-refractivity contribution in [1.82, 2.24) is 10.2 Å². The fraction of sp³-hybridized carbons (Fsp3) is 0.929. The fourth-order valence-corrected chi connectivity index (χ4v) is 2.39. The van der Waals surface area contributed by atoms with Crippen molar-refractivity contribution < 1.29 is 14.6 Å². The molecule has 0 amide bonds. The maximum absolute atomic E-state index is 11.9. The predicted octanol–water partition coefficient (Wildman–Crippen LogP) is 0.763. The summed E-state index contributed by atoms with van der Waals surface area (Å²) in [6, 6.07) is 0.350. The number of nitrogens with one attached hydrogen (secondary N) is 1. The van der Waals surface area contributed by atoms with Crippen LogP contribution in [0.15, 0.2) is 0 Å². The van der Waals surface area contributed by atoms with Gasteiger partial charge in [-0.2, -0.15) is 0 Å². The molecule has 5 nitrogen and oxygen atoms in total. The van der Waals surface area contributed by atoms with Gasteiger partial charge in [-0.15, -0.1) is 0 Å². The summed E-state index contributed by atoms with van der Waals surface area (Å²) in [5.41, 5.74) is -0.457. The molecule has 0 aliphatic carbocycles. The van der Waals surface area contributed by atoms with Gasteiger partial charge in [0, 0.05) is 12.6 Å². The molecule has 0 aromatic heterocycles. The highest BCUT2D eigenvalue weighted by Gasteiger charge is 2.26. The second-order valence-corrected chi connectivity index (χ2v) is 6.35. The van der Waals surface area contributed by atoms with E-state index >= 15 is 0 Å². The summed E-state index contributed by atoms with van der Waals surface area (Å²) in [5, 5.41) is 12.9. The highest BCUT2D eigenvalue weighted by molar-refractivity contribution is 5.72. The first-order valence-electron chi connectivity index (χ1n) is 7.12. The van der Waals surface area contributed by atoms with E-state index in [1.807, 2.05) is 20.8 Å². The first-order valence-corrected chi connectivity index (χ1v) is 7.12. The summed E-state index contributed by atoms with van der Waals surface area (Å²) in [4.78, 5) is 14.0. The van der Waals surface area contributed by atoms with Gasteiger partial charge in [0.15, 0.2) is 0 Å². The van der Waals surface area contributed by atoms with Crippen LogP contribution in [-0.4, -0.2) is 59.9 Å². The van der Waals surface area contributed by atoms with Crippen LogP contribution < -0.4 is 5.32 Å². The van der Waals surface area contributed by atoms with Crippen molar-refractivity contribution >= 4 is 5.97 Å². The quantitative estimate of drug-likeness (QED) is 0.724. The largest absolute Gasteiger partial charge is 0.459 e. The Balaban J connectivity index is 2.55. The van der Waals surface area contributed by atoms with Crippen LogP contribution >= 0.6 is 0 Å². The Morgan fingerprint density at radius 1 is 1.42 bits per heavy atom. The Bertz CT molecular complexity index is 281. The molecule has 1 saturated heterocycles. The van der Waals surface area contributed by atoms with E-state index in [1.54, 1.807) is 6.92 Å². The minimum Gasteiger partial charge on any atom is -0.459 e. The third-order valence-corrected chi connectivity index (χ3v) is 3.08. The number of carbonyl (C=O) groups is 1. The van der Waals surface area contributed by atoms with E-state index in [4.69, 9.17) is 4.74 Å². The van der Waals surface area contributed by atoms with E-state index in [1.165, 1.54) is 0 Å². The lowest BCUT2D eigenvalue weighted by Gasteiger charge is -2.35. The van der Waals surface area contributed by atoms with Crippen molar-refractivity contribution in [2.75, 3.05) is 26.2 Å². The molecule has 1 atom stereocenters. The Kier molecular flexibility index (Phi) is 6.23. The Hall–Kier alpha value is -0.650. The zero-order valence-electron chi connectivity index (χ0n) is 12.6. The molecule has 1 aliphatic rings. The topological polar surface area (TPSA) is 61.8 Å². The lowest BCUT2D eigenvalue weighted by molar-refractivity contribution is -0.157. The molecule has 1 aliphatic heterocycles. The Morgan fingerprint density at radius 3 is 2.47 bits per heavy atom. The van der Waals surface area contributed by atoms with Crippen LogP contribution in [0.4, 0.5) is 0 Å². The molecule has 2 N–H and O–H groups in total. The van der Waals surface area contributed by atoms with Crippen molar-refractivity contribution in [3.63, 3.8) is 0 Å². The van der Waals surface area contributed by atoms with Gasteiger partial charge in [-0.05, 0) is 53.6 Å². The van der Waals surface area contributed by atoms with Gasteiger partial charge in [0.05, 0.1) is 12.6 Å². The summed E-state index contributed by atoms with van der Waals surface area (Å²) >= 11 is 0. The molecule has 112 valence electrons. The average molecular weight is 272 g/mol. The molecule has 19 heavy (non-hydrogen) atoms. The van der Waals surface area contributed by atoms with E-state index in [-0.39, 0.29) is 12.5 Å². The minimum atomic E-state index is -0.457. The molecule has 0 radical (unpaired) electrons. The van der Waals surface area contributed by atoms with Gasteiger partial charge < -0.3 is 15.2 Å². The van der Waals surface area contributed by atoms with E-state index in [2.05, 4.69) is 10.2 Å². The minimum absolute atomic E-state index is 0.216. The first kappa shape index (κ1) is 16.4. The van der Waals surface area contributed by atoms with Crippen molar-refractivity contribution in [3.05, 3.63) is 0 Å². The average Bonchev–Trinajstić information content (AvgIpc) is 2.26. The molecule has 0 saturated carbocycles. The third-order valence-electron chi connectivity index (χ3n) is 3.08. The van der Waals surface area contributed by atoms with Gasteiger partial charge in [-0.25, -0.2) is 0 Å². The van der Waals surface area contributed by atoms with E-state index in [9.17, 15) is 9.90 Å². The predicted molar refractivity (Wildman–Crippen MR) is 75.0 cm³/mol. The number of carbonyl (C=O) groups excluding carboxylic acids is 1. The number of nitrogens with zero attached hydrogens (tertiary/aromatic N) is 1. The number of rotatable bonds is 5. The number of hydrogen-bond donors (Lipinski definition) is 2.